The van der Waals surface area contributed by atoms with E-state index in [-0.39, 0.29) is 0 Å². The molecule has 3 aromatic heterocycles. The van der Waals surface area contributed by atoms with Crippen molar-refractivity contribution in [3.8, 4) is 6.07 Å². The van der Waals surface area contributed by atoms with Crippen molar-refractivity contribution in [2.75, 3.05) is 17.2 Å². The Morgan fingerprint density at radius 1 is 1.19 bits per heavy atom. The summed E-state index contributed by atoms with van der Waals surface area (Å²) in [5.41, 5.74) is 4.10. The molecule has 3 N–H and O–H groups in total. The molecule has 7 nitrogen and oxygen atoms in total. The van der Waals surface area contributed by atoms with E-state index in [0.717, 1.165) is 49.4 Å². The molecule has 2 atom stereocenters. The first-order chi connectivity index (χ1) is 12.8. The number of nitrogens with zero attached hydrogens (tertiary/aromatic N) is 4. The molecule has 0 unspecified atom stereocenters. The van der Waals surface area contributed by atoms with E-state index >= 15 is 0 Å². The molecule has 130 valence electrons. The number of hydrogen-bond donors (Lipinski definition) is 3. The molecule has 7 heteroatoms. The first kappa shape index (κ1) is 15.1. The fraction of sp³-hybridized carbons (Fsp3) is 0.368. The lowest BCUT2D eigenvalue weighted by Gasteiger charge is -2.13. The van der Waals surface area contributed by atoms with Crippen LogP contribution in [0.1, 0.15) is 42.0 Å². The fourth-order valence-corrected chi connectivity index (χ4v) is 4.22. The minimum absolute atomic E-state index is 0.375. The highest BCUT2D eigenvalue weighted by Crippen LogP contribution is 2.40. The molecular formula is C19H19N7. The van der Waals surface area contributed by atoms with Crippen LogP contribution in [0, 0.1) is 11.3 Å². The van der Waals surface area contributed by atoms with Crippen molar-refractivity contribution in [2.24, 2.45) is 0 Å². The summed E-state index contributed by atoms with van der Waals surface area (Å²) < 4.78 is 0. The number of H-pyrrole nitrogens is 1. The lowest BCUT2D eigenvalue weighted by Crippen LogP contribution is -2.16. The summed E-state index contributed by atoms with van der Waals surface area (Å²) in [5, 5.41) is 24.8. The normalized spacial score (nSPS) is 21.3. The van der Waals surface area contributed by atoms with Crippen LogP contribution in [0.5, 0.6) is 0 Å². The maximum absolute atomic E-state index is 8.88. The molecule has 0 amide bonds. The quantitative estimate of drug-likeness (QED) is 0.674. The predicted molar refractivity (Wildman–Crippen MR) is 99.0 cm³/mol. The largest absolute Gasteiger partial charge is 0.369 e. The molecule has 0 radical (unpaired) electrons. The summed E-state index contributed by atoms with van der Waals surface area (Å²) in [4.78, 5) is 8.81. The van der Waals surface area contributed by atoms with Gasteiger partial charge in [-0.2, -0.15) is 10.4 Å². The van der Waals surface area contributed by atoms with Gasteiger partial charge in [0.05, 0.1) is 23.0 Å². The Labute approximate surface area is 150 Å². The van der Waals surface area contributed by atoms with Gasteiger partial charge in [0.2, 0.25) is 0 Å². The van der Waals surface area contributed by atoms with Crippen LogP contribution in [-0.4, -0.2) is 32.8 Å². The molecule has 0 aromatic carbocycles. The molecule has 1 fully saturated rings. The Morgan fingerprint density at radius 2 is 2.15 bits per heavy atom. The number of aromatic amines is 1. The number of aromatic nitrogens is 4. The molecule has 5 rings (SSSR count). The zero-order valence-electron chi connectivity index (χ0n) is 14.3. The van der Waals surface area contributed by atoms with E-state index in [1.54, 1.807) is 12.3 Å². The molecule has 2 aliphatic rings. The van der Waals surface area contributed by atoms with E-state index < -0.39 is 0 Å². The number of anilines is 2. The molecular weight excluding hydrogens is 326 g/mol. The van der Waals surface area contributed by atoms with Gasteiger partial charge in [-0.05, 0) is 37.8 Å². The summed E-state index contributed by atoms with van der Waals surface area (Å²) in [6.45, 7) is 0.950. The van der Waals surface area contributed by atoms with E-state index in [2.05, 4.69) is 36.9 Å². The molecule has 0 bridgehead atoms. The maximum Gasteiger partial charge on any atom is 0.130 e. The van der Waals surface area contributed by atoms with Crippen LogP contribution in [-0.2, 0) is 6.42 Å². The van der Waals surface area contributed by atoms with Crippen molar-refractivity contribution in [3.63, 3.8) is 0 Å². The smallest absolute Gasteiger partial charge is 0.130 e. The van der Waals surface area contributed by atoms with Gasteiger partial charge < -0.3 is 10.6 Å². The fourth-order valence-electron chi connectivity index (χ4n) is 4.22. The van der Waals surface area contributed by atoms with Crippen molar-refractivity contribution < 1.29 is 0 Å². The van der Waals surface area contributed by atoms with Gasteiger partial charge in [-0.25, -0.2) is 9.97 Å². The Morgan fingerprint density at radius 3 is 3.00 bits per heavy atom. The number of nitrogens with one attached hydrogen (secondary N) is 3. The van der Waals surface area contributed by atoms with Crippen molar-refractivity contribution in [2.45, 2.75) is 37.6 Å². The highest BCUT2D eigenvalue weighted by molar-refractivity contribution is 5.89. The highest BCUT2D eigenvalue weighted by Gasteiger charge is 2.31. The van der Waals surface area contributed by atoms with Crippen LogP contribution < -0.4 is 10.6 Å². The third-order valence-electron chi connectivity index (χ3n) is 5.46. The summed E-state index contributed by atoms with van der Waals surface area (Å²) in [5.74, 6) is 2.28. The van der Waals surface area contributed by atoms with E-state index in [9.17, 15) is 0 Å². The van der Waals surface area contributed by atoms with Crippen LogP contribution in [0.25, 0.3) is 10.9 Å². The monoisotopic (exact) mass is 345 g/mol. The number of pyridine rings is 2. The van der Waals surface area contributed by atoms with Gasteiger partial charge in [0.1, 0.15) is 17.7 Å². The van der Waals surface area contributed by atoms with E-state index in [4.69, 9.17) is 5.26 Å². The van der Waals surface area contributed by atoms with Gasteiger partial charge in [0, 0.05) is 35.7 Å². The van der Waals surface area contributed by atoms with Gasteiger partial charge in [-0.15, -0.1) is 0 Å². The van der Waals surface area contributed by atoms with Gasteiger partial charge in [0.25, 0.3) is 0 Å². The number of hydrogen-bond acceptors (Lipinski definition) is 6. The lowest BCUT2D eigenvalue weighted by atomic mass is 9.97. The molecule has 3 aromatic rings. The molecule has 26 heavy (non-hydrogen) atoms. The van der Waals surface area contributed by atoms with Crippen molar-refractivity contribution in [1.29, 1.82) is 5.26 Å². The third-order valence-corrected chi connectivity index (χ3v) is 5.46. The van der Waals surface area contributed by atoms with Crippen LogP contribution in [0.15, 0.2) is 24.5 Å². The average Bonchev–Trinajstić information content (AvgIpc) is 3.40. The van der Waals surface area contributed by atoms with Gasteiger partial charge in [0.15, 0.2) is 0 Å². The summed E-state index contributed by atoms with van der Waals surface area (Å²) in [7, 11) is 0. The second-order valence-electron chi connectivity index (χ2n) is 7.05. The zero-order valence-corrected chi connectivity index (χ0v) is 14.3. The second-order valence-corrected chi connectivity index (χ2v) is 7.05. The average molecular weight is 345 g/mol. The predicted octanol–water partition coefficient (Wildman–Crippen LogP) is 2.94. The Balaban J connectivity index is 1.37. The summed E-state index contributed by atoms with van der Waals surface area (Å²) in [6, 6.07) is 6.15. The zero-order chi connectivity index (χ0) is 17.5. The second kappa shape index (κ2) is 5.99. The van der Waals surface area contributed by atoms with Crippen molar-refractivity contribution in [1.82, 2.24) is 20.2 Å². The molecule has 0 saturated heterocycles. The van der Waals surface area contributed by atoms with Gasteiger partial charge in [-0.3, -0.25) is 5.10 Å². The Kier molecular flexibility index (Phi) is 3.49. The molecule has 1 aliphatic heterocycles. The maximum atomic E-state index is 8.88. The lowest BCUT2D eigenvalue weighted by molar-refractivity contribution is 0.681. The first-order valence-electron chi connectivity index (χ1n) is 9.04. The van der Waals surface area contributed by atoms with Crippen LogP contribution in [0.4, 0.5) is 11.6 Å². The van der Waals surface area contributed by atoms with Crippen molar-refractivity contribution in [3.05, 3.63) is 41.3 Å². The van der Waals surface area contributed by atoms with Gasteiger partial charge >= 0.3 is 0 Å². The van der Waals surface area contributed by atoms with Gasteiger partial charge in [-0.1, -0.05) is 0 Å². The third kappa shape index (κ3) is 2.46. The highest BCUT2D eigenvalue weighted by atomic mass is 15.1. The minimum Gasteiger partial charge on any atom is -0.369 e. The molecule has 0 spiro atoms. The number of fused-ring (bicyclic) bond motifs is 3. The van der Waals surface area contributed by atoms with E-state index in [0.29, 0.717) is 17.5 Å². The van der Waals surface area contributed by atoms with Crippen molar-refractivity contribution >= 4 is 22.5 Å². The van der Waals surface area contributed by atoms with Crippen LogP contribution >= 0.6 is 0 Å². The molecule has 1 saturated carbocycles. The molecule has 1 aliphatic carbocycles. The Hall–Kier alpha value is -3.14. The molecule has 4 heterocycles. The summed E-state index contributed by atoms with van der Waals surface area (Å²) >= 11 is 0. The van der Waals surface area contributed by atoms with Crippen LogP contribution in [0.2, 0.25) is 0 Å². The minimum atomic E-state index is 0.375. The van der Waals surface area contributed by atoms with E-state index in [1.165, 1.54) is 16.6 Å². The number of rotatable bonds is 3. The standard InChI is InChI=1S/C19H19N7/c20-8-11-1-4-16(22-9-11)24-13-3-2-12(7-13)18-17-14-5-6-21-19(14)23-10-15(17)25-26-18/h1,4,9-10,12-13H,2-3,5-7H2,(H,21,23)(H,22,24)(H,25,26)/t12-,13+/m1/s1. The Bertz CT molecular complexity index is 999. The summed E-state index contributed by atoms with van der Waals surface area (Å²) in [6.07, 6.45) is 7.74. The number of nitriles is 1. The SMILES string of the molecule is N#Cc1ccc(N[C@H]2CC[C@@H](c3n[nH]c4cnc5c(c34)CCN5)C2)nc1. The first-order valence-corrected chi connectivity index (χ1v) is 9.04. The topological polar surface area (TPSA) is 102 Å². The van der Waals surface area contributed by atoms with E-state index in [1.807, 2.05) is 12.3 Å². The van der Waals surface area contributed by atoms with Crippen LogP contribution in [0.3, 0.4) is 0 Å².